The third kappa shape index (κ3) is 5.41. The minimum atomic E-state index is 0.428. The minimum absolute atomic E-state index is 0.428. The van der Waals surface area contributed by atoms with Crippen molar-refractivity contribution in [2.75, 3.05) is 39.8 Å². The number of ether oxygens (including phenoxy) is 1. The van der Waals surface area contributed by atoms with Crippen molar-refractivity contribution < 1.29 is 4.74 Å². The highest BCUT2D eigenvalue weighted by atomic mass is 16.5. The number of rotatable bonds is 9. The molecule has 0 bridgehead atoms. The van der Waals surface area contributed by atoms with Gasteiger partial charge in [-0.1, -0.05) is 27.7 Å². The molecule has 0 aromatic carbocycles. The monoisotopic (exact) mass is 270 g/mol. The molecule has 1 fully saturated rings. The molecular weight excluding hydrogens is 236 g/mol. The first-order chi connectivity index (χ1) is 9.05. The van der Waals surface area contributed by atoms with Crippen LogP contribution >= 0.6 is 0 Å². The standard InChI is InChI=1S/C16H34N2O/c1-6-16(7-2,12-17-10-14(3)4)13-18-9-8-15(11-18)19-5/h14-15,17H,6-13H2,1-5H3. The van der Waals surface area contributed by atoms with Gasteiger partial charge < -0.3 is 15.0 Å². The Morgan fingerprint density at radius 3 is 2.47 bits per heavy atom. The minimum Gasteiger partial charge on any atom is -0.380 e. The van der Waals surface area contributed by atoms with Crippen molar-refractivity contribution in [1.82, 2.24) is 10.2 Å². The summed E-state index contributed by atoms with van der Waals surface area (Å²) in [7, 11) is 1.84. The molecule has 19 heavy (non-hydrogen) atoms. The third-order valence-corrected chi connectivity index (χ3v) is 4.67. The van der Waals surface area contributed by atoms with Crippen LogP contribution in [0.3, 0.4) is 0 Å². The van der Waals surface area contributed by atoms with Crippen LogP contribution in [0.2, 0.25) is 0 Å². The molecule has 114 valence electrons. The lowest BCUT2D eigenvalue weighted by Gasteiger charge is -2.36. The van der Waals surface area contributed by atoms with Crippen LogP contribution in [0, 0.1) is 11.3 Å². The molecule has 0 saturated carbocycles. The van der Waals surface area contributed by atoms with Crippen molar-refractivity contribution in [3.8, 4) is 0 Å². The van der Waals surface area contributed by atoms with Crippen LogP contribution in [0.15, 0.2) is 0 Å². The van der Waals surface area contributed by atoms with E-state index in [1.54, 1.807) is 0 Å². The van der Waals surface area contributed by atoms with E-state index in [1.807, 2.05) is 7.11 Å². The normalized spacial score (nSPS) is 21.5. The van der Waals surface area contributed by atoms with Crippen LogP contribution in [0.5, 0.6) is 0 Å². The van der Waals surface area contributed by atoms with Gasteiger partial charge >= 0.3 is 0 Å². The van der Waals surface area contributed by atoms with E-state index in [4.69, 9.17) is 4.74 Å². The van der Waals surface area contributed by atoms with Gasteiger partial charge in [0, 0.05) is 33.3 Å². The highest BCUT2D eigenvalue weighted by Crippen LogP contribution is 2.28. The fourth-order valence-electron chi connectivity index (χ4n) is 3.01. The topological polar surface area (TPSA) is 24.5 Å². The van der Waals surface area contributed by atoms with Crippen LogP contribution in [-0.4, -0.2) is 50.8 Å². The lowest BCUT2D eigenvalue weighted by molar-refractivity contribution is 0.0938. The SMILES string of the molecule is CCC(CC)(CNCC(C)C)CN1CCC(OC)C1. The average molecular weight is 270 g/mol. The predicted octanol–water partition coefficient (Wildman–Crippen LogP) is 2.76. The molecule has 1 N–H and O–H groups in total. The predicted molar refractivity (Wildman–Crippen MR) is 82.6 cm³/mol. The summed E-state index contributed by atoms with van der Waals surface area (Å²) in [5.41, 5.74) is 0.428. The van der Waals surface area contributed by atoms with Gasteiger partial charge in [-0.25, -0.2) is 0 Å². The van der Waals surface area contributed by atoms with Gasteiger partial charge in [0.05, 0.1) is 6.10 Å². The first-order valence-electron chi connectivity index (χ1n) is 8.01. The molecule has 1 aliphatic heterocycles. The van der Waals surface area contributed by atoms with E-state index < -0.39 is 0 Å². The van der Waals surface area contributed by atoms with Crippen molar-refractivity contribution in [3.05, 3.63) is 0 Å². The quantitative estimate of drug-likeness (QED) is 0.697. The van der Waals surface area contributed by atoms with Gasteiger partial charge in [-0.3, -0.25) is 0 Å². The Balaban J connectivity index is 2.46. The van der Waals surface area contributed by atoms with Crippen LogP contribution in [0.4, 0.5) is 0 Å². The average Bonchev–Trinajstić information content (AvgIpc) is 2.84. The Hall–Kier alpha value is -0.120. The van der Waals surface area contributed by atoms with Crippen molar-refractivity contribution in [1.29, 1.82) is 0 Å². The molecule has 0 amide bonds. The van der Waals surface area contributed by atoms with Crippen molar-refractivity contribution >= 4 is 0 Å². The van der Waals surface area contributed by atoms with E-state index in [9.17, 15) is 0 Å². The lowest BCUT2D eigenvalue weighted by atomic mass is 9.81. The van der Waals surface area contributed by atoms with Crippen molar-refractivity contribution in [3.63, 3.8) is 0 Å². The van der Waals surface area contributed by atoms with Gasteiger partial charge in [-0.05, 0) is 37.1 Å². The maximum Gasteiger partial charge on any atom is 0.0710 e. The smallest absolute Gasteiger partial charge is 0.0710 e. The summed E-state index contributed by atoms with van der Waals surface area (Å²) in [4.78, 5) is 2.60. The Morgan fingerprint density at radius 2 is 2.00 bits per heavy atom. The number of hydrogen-bond acceptors (Lipinski definition) is 3. The fraction of sp³-hybridized carbons (Fsp3) is 1.00. The first kappa shape index (κ1) is 16.9. The summed E-state index contributed by atoms with van der Waals surface area (Å²) in [6, 6.07) is 0. The number of nitrogens with one attached hydrogen (secondary N) is 1. The molecule has 0 radical (unpaired) electrons. The van der Waals surface area contributed by atoms with Crippen molar-refractivity contribution in [2.45, 2.75) is 53.1 Å². The van der Waals surface area contributed by atoms with E-state index in [0.717, 1.165) is 25.6 Å². The largest absolute Gasteiger partial charge is 0.380 e. The zero-order valence-corrected chi connectivity index (χ0v) is 13.7. The Kier molecular flexibility index (Phi) is 7.33. The van der Waals surface area contributed by atoms with Crippen molar-refractivity contribution in [2.24, 2.45) is 11.3 Å². The second-order valence-corrected chi connectivity index (χ2v) is 6.61. The summed E-state index contributed by atoms with van der Waals surface area (Å²) in [5, 5.41) is 3.67. The number of hydrogen-bond donors (Lipinski definition) is 1. The second kappa shape index (κ2) is 8.23. The molecule has 0 aromatic rings. The van der Waals surface area contributed by atoms with Gasteiger partial charge in [-0.15, -0.1) is 0 Å². The van der Waals surface area contributed by atoms with Gasteiger partial charge in [0.25, 0.3) is 0 Å². The van der Waals surface area contributed by atoms with Gasteiger partial charge in [-0.2, -0.15) is 0 Å². The fourth-order valence-corrected chi connectivity index (χ4v) is 3.01. The molecule has 1 saturated heterocycles. The Morgan fingerprint density at radius 1 is 1.32 bits per heavy atom. The molecule has 0 aliphatic carbocycles. The van der Waals surface area contributed by atoms with Crippen LogP contribution < -0.4 is 5.32 Å². The molecule has 1 unspecified atom stereocenters. The molecule has 1 heterocycles. The van der Waals surface area contributed by atoms with Gasteiger partial charge in [0.2, 0.25) is 0 Å². The van der Waals surface area contributed by atoms with Gasteiger partial charge in [0.1, 0.15) is 0 Å². The number of likely N-dealkylation sites (tertiary alicyclic amines) is 1. The second-order valence-electron chi connectivity index (χ2n) is 6.61. The van der Waals surface area contributed by atoms with E-state index >= 15 is 0 Å². The molecule has 0 aromatic heterocycles. The Bertz CT molecular complexity index is 239. The van der Waals surface area contributed by atoms with Gasteiger partial charge in [0.15, 0.2) is 0 Å². The summed E-state index contributed by atoms with van der Waals surface area (Å²) < 4.78 is 5.48. The summed E-state index contributed by atoms with van der Waals surface area (Å²) in [6.45, 7) is 15.0. The maximum atomic E-state index is 5.48. The van der Waals surface area contributed by atoms with E-state index in [0.29, 0.717) is 11.5 Å². The molecule has 1 atom stereocenters. The molecule has 3 nitrogen and oxygen atoms in total. The number of nitrogens with zero attached hydrogens (tertiary/aromatic N) is 1. The molecule has 3 heteroatoms. The highest BCUT2D eigenvalue weighted by Gasteiger charge is 2.32. The maximum absolute atomic E-state index is 5.48. The van der Waals surface area contributed by atoms with E-state index in [2.05, 4.69) is 37.9 Å². The summed E-state index contributed by atoms with van der Waals surface area (Å²) in [6.07, 6.45) is 4.15. The molecule has 0 spiro atoms. The zero-order chi connectivity index (χ0) is 14.3. The zero-order valence-electron chi connectivity index (χ0n) is 13.7. The third-order valence-electron chi connectivity index (χ3n) is 4.67. The summed E-state index contributed by atoms with van der Waals surface area (Å²) >= 11 is 0. The summed E-state index contributed by atoms with van der Waals surface area (Å²) in [5.74, 6) is 0.732. The Labute approximate surface area is 120 Å². The van der Waals surface area contributed by atoms with Crippen LogP contribution in [-0.2, 0) is 4.74 Å². The molecular formula is C16H34N2O. The van der Waals surface area contributed by atoms with E-state index in [1.165, 1.54) is 32.4 Å². The molecule has 1 rings (SSSR count). The van der Waals surface area contributed by atoms with E-state index in [-0.39, 0.29) is 0 Å². The first-order valence-corrected chi connectivity index (χ1v) is 8.01. The van der Waals surface area contributed by atoms with Crippen LogP contribution in [0.1, 0.15) is 47.0 Å². The molecule has 1 aliphatic rings. The highest BCUT2D eigenvalue weighted by molar-refractivity contribution is 4.86. The lowest BCUT2D eigenvalue weighted by Crippen LogP contribution is -2.44. The van der Waals surface area contributed by atoms with Crippen LogP contribution in [0.25, 0.3) is 0 Å². The number of methoxy groups -OCH3 is 1.